The van der Waals surface area contributed by atoms with Gasteiger partial charge in [-0.05, 0) is 37.3 Å². The molecule has 1 aliphatic heterocycles. The molecule has 3 atom stereocenters. The number of carboxylic acid groups (broad SMARTS) is 1. The van der Waals surface area contributed by atoms with Crippen molar-refractivity contribution in [1.82, 2.24) is 4.90 Å². The first-order valence-electron chi connectivity index (χ1n) is 10.9. The van der Waals surface area contributed by atoms with Gasteiger partial charge in [0.2, 0.25) is 5.91 Å². The van der Waals surface area contributed by atoms with Gasteiger partial charge in [-0.25, -0.2) is 0 Å². The molecule has 0 unspecified atom stereocenters. The first kappa shape index (κ1) is 23.7. The fraction of sp³-hybridized carbons (Fsp3) is 0.520. The molecule has 30 heavy (non-hydrogen) atoms. The van der Waals surface area contributed by atoms with Crippen LogP contribution in [-0.2, 0) is 9.59 Å². The van der Waals surface area contributed by atoms with Crippen molar-refractivity contribution in [2.24, 2.45) is 5.92 Å². The highest BCUT2D eigenvalue weighted by atomic mass is 16.4. The number of aliphatic hydroxyl groups excluding tert-OH is 1. The number of carboxylic acids is 1. The smallest absolute Gasteiger partial charge is 0.303 e. The van der Waals surface area contributed by atoms with E-state index in [1.165, 1.54) is 0 Å². The van der Waals surface area contributed by atoms with Gasteiger partial charge in [0.15, 0.2) is 0 Å². The summed E-state index contributed by atoms with van der Waals surface area (Å²) in [7, 11) is 0. The van der Waals surface area contributed by atoms with E-state index in [4.69, 9.17) is 5.11 Å². The predicted molar refractivity (Wildman–Crippen MR) is 118 cm³/mol. The molecule has 1 aromatic carbocycles. The van der Waals surface area contributed by atoms with Gasteiger partial charge in [-0.3, -0.25) is 9.59 Å². The Labute approximate surface area is 179 Å². The summed E-state index contributed by atoms with van der Waals surface area (Å²) in [6, 6.07) is 9.83. The number of carbonyl (C=O) groups excluding carboxylic acids is 1. The lowest BCUT2D eigenvalue weighted by molar-refractivity contribution is -0.137. The Morgan fingerprint density at radius 2 is 1.97 bits per heavy atom. The molecule has 0 aliphatic carbocycles. The Morgan fingerprint density at radius 1 is 1.23 bits per heavy atom. The minimum absolute atomic E-state index is 0.0113. The van der Waals surface area contributed by atoms with Crippen LogP contribution < -0.4 is 0 Å². The average molecular weight is 412 g/mol. The summed E-state index contributed by atoms with van der Waals surface area (Å²) in [5, 5.41) is 19.1. The summed E-state index contributed by atoms with van der Waals surface area (Å²) in [6.45, 7) is 2.67. The number of nitrogens with zero attached hydrogens (tertiary/aromatic N) is 1. The van der Waals surface area contributed by atoms with Crippen molar-refractivity contribution in [2.45, 2.75) is 70.4 Å². The summed E-state index contributed by atoms with van der Waals surface area (Å²) in [5.41, 5.74) is 0.970. The third-order valence-electron chi connectivity index (χ3n) is 5.46. The van der Waals surface area contributed by atoms with Gasteiger partial charge >= 0.3 is 5.97 Å². The molecule has 0 spiro atoms. The fourth-order valence-electron chi connectivity index (χ4n) is 3.55. The Kier molecular flexibility index (Phi) is 10.2. The monoisotopic (exact) mass is 411 g/mol. The van der Waals surface area contributed by atoms with Gasteiger partial charge in [0, 0.05) is 31.4 Å². The van der Waals surface area contributed by atoms with E-state index >= 15 is 0 Å². The van der Waals surface area contributed by atoms with Crippen molar-refractivity contribution in [2.75, 3.05) is 6.54 Å². The zero-order valence-electron chi connectivity index (χ0n) is 17.8. The molecule has 1 fully saturated rings. The van der Waals surface area contributed by atoms with Crippen LogP contribution >= 0.6 is 0 Å². The quantitative estimate of drug-likeness (QED) is 0.328. The SMILES string of the molecule is C[C@H](CC#Cc1ccccc1)[C@@H](O)C=C[C@H]1CCC(=O)N1CCCCCCC(=O)O. The summed E-state index contributed by atoms with van der Waals surface area (Å²) < 4.78 is 0. The molecule has 1 heterocycles. The number of unbranched alkanes of at least 4 members (excludes halogenated alkanes) is 3. The van der Waals surface area contributed by atoms with E-state index in [0.717, 1.165) is 31.2 Å². The second kappa shape index (κ2) is 12.9. The van der Waals surface area contributed by atoms with Gasteiger partial charge in [-0.2, -0.15) is 0 Å². The Balaban J connectivity index is 1.76. The molecule has 1 aliphatic rings. The lowest BCUT2D eigenvalue weighted by atomic mass is 9.99. The fourth-order valence-corrected chi connectivity index (χ4v) is 3.55. The molecule has 5 nitrogen and oxygen atoms in total. The Hall–Kier alpha value is -2.58. The van der Waals surface area contributed by atoms with Crippen LogP contribution in [-0.4, -0.2) is 45.7 Å². The van der Waals surface area contributed by atoms with Gasteiger partial charge in [0.05, 0.1) is 12.1 Å². The Bertz CT molecular complexity index is 762. The predicted octanol–water partition coefficient (Wildman–Crippen LogP) is 4.01. The van der Waals surface area contributed by atoms with E-state index in [0.29, 0.717) is 25.8 Å². The van der Waals surface area contributed by atoms with Crippen LogP contribution in [0.1, 0.15) is 63.9 Å². The van der Waals surface area contributed by atoms with Crippen molar-refractivity contribution in [1.29, 1.82) is 0 Å². The van der Waals surface area contributed by atoms with Crippen molar-refractivity contribution in [3.8, 4) is 11.8 Å². The molecule has 2 rings (SSSR count). The van der Waals surface area contributed by atoms with Crippen molar-refractivity contribution >= 4 is 11.9 Å². The standard InChI is InChI=1S/C25H33NO4/c1-20(10-9-13-21-11-5-4-6-12-21)23(27)17-15-22-16-18-24(28)26(22)19-8-3-2-7-14-25(29)30/h4-6,11-12,15,17,20,22-23,27H,2-3,7-8,10,14,16,18-19H2,1H3,(H,29,30)/t20-,22+,23+/m1/s1. The molecule has 2 N–H and O–H groups in total. The van der Waals surface area contributed by atoms with Crippen LogP contribution in [0.15, 0.2) is 42.5 Å². The topological polar surface area (TPSA) is 77.8 Å². The number of likely N-dealkylation sites (tertiary alicyclic amines) is 1. The van der Waals surface area contributed by atoms with Crippen molar-refractivity contribution in [3.63, 3.8) is 0 Å². The first-order valence-corrected chi connectivity index (χ1v) is 10.9. The molecule has 0 radical (unpaired) electrons. The van der Waals surface area contributed by atoms with E-state index < -0.39 is 12.1 Å². The Morgan fingerprint density at radius 3 is 2.70 bits per heavy atom. The number of benzene rings is 1. The third kappa shape index (κ3) is 8.42. The molecule has 0 aromatic heterocycles. The minimum Gasteiger partial charge on any atom is -0.481 e. The molecule has 1 amide bonds. The zero-order chi connectivity index (χ0) is 21.8. The number of amides is 1. The number of carbonyl (C=O) groups is 2. The second-order valence-electron chi connectivity index (χ2n) is 7.98. The van der Waals surface area contributed by atoms with E-state index in [1.807, 2.05) is 48.2 Å². The second-order valence-corrected chi connectivity index (χ2v) is 7.98. The third-order valence-corrected chi connectivity index (χ3v) is 5.46. The molecular formula is C25H33NO4. The zero-order valence-corrected chi connectivity index (χ0v) is 17.8. The summed E-state index contributed by atoms with van der Waals surface area (Å²) >= 11 is 0. The van der Waals surface area contributed by atoms with Crippen LogP contribution in [0.3, 0.4) is 0 Å². The molecular weight excluding hydrogens is 378 g/mol. The van der Waals surface area contributed by atoms with Crippen LogP contribution in [0.25, 0.3) is 0 Å². The highest BCUT2D eigenvalue weighted by Gasteiger charge is 2.28. The molecule has 162 valence electrons. The first-order chi connectivity index (χ1) is 14.5. The molecule has 0 bridgehead atoms. The van der Waals surface area contributed by atoms with Gasteiger partial charge in [0.1, 0.15) is 0 Å². The summed E-state index contributed by atoms with van der Waals surface area (Å²) in [6.07, 6.45) is 8.66. The largest absolute Gasteiger partial charge is 0.481 e. The number of hydrogen-bond donors (Lipinski definition) is 2. The van der Waals surface area contributed by atoms with Gasteiger partial charge in [0.25, 0.3) is 0 Å². The van der Waals surface area contributed by atoms with Crippen LogP contribution in [0.2, 0.25) is 0 Å². The molecule has 0 saturated carbocycles. The summed E-state index contributed by atoms with van der Waals surface area (Å²) in [4.78, 5) is 24.6. The van der Waals surface area contributed by atoms with E-state index in [2.05, 4.69) is 11.8 Å². The maximum Gasteiger partial charge on any atom is 0.303 e. The molecule has 5 heteroatoms. The lowest BCUT2D eigenvalue weighted by Crippen LogP contribution is -2.33. The number of aliphatic hydroxyl groups is 1. The van der Waals surface area contributed by atoms with Crippen molar-refractivity contribution in [3.05, 3.63) is 48.0 Å². The maximum atomic E-state index is 12.2. The van der Waals surface area contributed by atoms with E-state index in [9.17, 15) is 14.7 Å². The van der Waals surface area contributed by atoms with Crippen LogP contribution in [0.4, 0.5) is 0 Å². The maximum absolute atomic E-state index is 12.2. The van der Waals surface area contributed by atoms with Gasteiger partial charge < -0.3 is 15.1 Å². The highest BCUT2D eigenvalue weighted by molar-refractivity contribution is 5.79. The summed E-state index contributed by atoms with van der Waals surface area (Å²) in [5.74, 6) is 5.66. The minimum atomic E-state index is -0.756. The van der Waals surface area contributed by atoms with Gasteiger partial charge in [-0.15, -0.1) is 0 Å². The van der Waals surface area contributed by atoms with Crippen molar-refractivity contribution < 1.29 is 19.8 Å². The molecule has 1 aromatic rings. The number of rotatable bonds is 11. The van der Waals surface area contributed by atoms with Crippen LogP contribution in [0.5, 0.6) is 0 Å². The number of hydrogen-bond acceptors (Lipinski definition) is 3. The van der Waals surface area contributed by atoms with E-state index in [-0.39, 0.29) is 24.3 Å². The lowest BCUT2D eigenvalue weighted by Gasteiger charge is -2.23. The van der Waals surface area contributed by atoms with Crippen LogP contribution in [0, 0.1) is 17.8 Å². The highest BCUT2D eigenvalue weighted by Crippen LogP contribution is 2.22. The normalized spacial score (nSPS) is 18.3. The number of aliphatic carboxylic acids is 1. The average Bonchev–Trinajstić information content (AvgIpc) is 3.08. The molecule has 1 saturated heterocycles. The van der Waals surface area contributed by atoms with E-state index in [1.54, 1.807) is 6.08 Å². The van der Waals surface area contributed by atoms with Gasteiger partial charge in [-0.1, -0.05) is 62.0 Å².